The Bertz CT molecular complexity index is 1370. The second-order valence-corrected chi connectivity index (χ2v) is 9.28. The largest absolute Gasteiger partial charge is 0.478 e. The maximum absolute atomic E-state index is 13.3. The summed E-state index contributed by atoms with van der Waals surface area (Å²) in [4.78, 5) is 36.3. The Morgan fingerprint density at radius 2 is 1.85 bits per heavy atom. The van der Waals surface area contributed by atoms with Gasteiger partial charge in [-0.05, 0) is 73.7 Å². The normalized spacial score (nSPS) is 15.7. The van der Waals surface area contributed by atoms with E-state index in [0.29, 0.717) is 40.6 Å². The highest BCUT2D eigenvalue weighted by atomic mass is 32.2. The van der Waals surface area contributed by atoms with Gasteiger partial charge in [-0.25, -0.2) is 9.59 Å². The molecule has 0 saturated carbocycles. The smallest absolute Gasteiger partial charge is 0.366 e. The van der Waals surface area contributed by atoms with Crippen LogP contribution in [-0.2, 0) is 4.79 Å². The van der Waals surface area contributed by atoms with Crippen LogP contribution in [0.5, 0.6) is 0 Å². The summed E-state index contributed by atoms with van der Waals surface area (Å²) in [5, 5.41) is 27.9. The van der Waals surface area contributed by atoms with Crippen LogP contribution in [0.2, 0.25) is 0 Å². The number of nitrogens with one attached hydrogen (secondary N) is 1. The summed E-state index contributed by atoms with van der Waals surface area (Å²) in [6, 6.07) is 10.6. The van der Waals surface area contributed by atoms with Crippen molar-refractivity contribution in [3.63, 3.8) is 0 Å². The third-order valence-corrected chi connectivity index (χ3v) is 6.89. The SMILES string of the molecule is Cc1noc(=O)c2ccc(NC(=O)C(O)(C#Cc3ccc(C(=O)O)cc3)C3CCSCC3)cc12. The minimum absolute atomic E-state index is 0.123. The summed E-state index contributed by atoms with van der Waals surface area (Å²) in [7, 11) is 0. The van der Waals surface area contributed by atoms with Crippen LogP contribution in [-0.4, -0.2) is 44.4 Å². The van der Waals surface area contributed by atoms with Crippen molar-refractivity contribution < 1.29 is 24.3 Å². The predicted molar refractivity (Wildman–Crippen MR) is 129 cm³/mol. The van der Waals surface area contributed by atoms with Crippen molar-refractivity contribution >= 4 is 40.1 Å². The number of thioether (sulfide) groups is 1. The highest BCUT2D eigenvalue weighted by Gasteiger charge is 2.43. The number of anilines is 1. The number of aromatic nitrogens is 1. The zero-order chi connectivity index (χ0) is 24.3. The van der Waals surface area contributed by atoms with Crippen LogP contribution in [0.3, 0.4) is 0 Å². The fraction of sp³-hybridized carbons (Fsp3) is 0.280. The number of carbonyl (C=O) groups is 2. The summed E-state index contributed by atoms with van der Waals surface area (Å²) in [6.07, 6.45) is 1.26. The molecule has 9 heteroatoms. The summed E-state index contributed by atoms with van der Waals surface area (Å²) in [6.45, 7) is 1.69. The van der Waals surface area contributed by atoms with Gasteiger partial charge in [0.2, 0.25) is 5.60 Å². The minimum atomic E-state index is -1.95. The summed E-state index contributed by atoms with van der Waals surface area (Å²) in [5.74, 6) is 5.16. The molecule has 1 amide bonds. The van der Waals surface area contributed by atoms with Gasteiger partial charge in [0.05, 0.1) is 16.6 Å². The molecule has 3 aromatic rings. The van der Waals surface area contributed by atoms with Gasteiger partial charge in [-0.3, -0.25) is 4.79 Å². The Labute approximate surface area is 199 Å². The van der Waals surface area contributed by atoms with E-state index in [0.717, 1.165) is 11.5 Å². The van der Waals surface area contributed by atoms with E-state index in [4.69, 9.17) is 9.63 Å². The Kier molecular flexibility index (Phi) is 6.72. The number of hydrogen-bond acceptors (Lipinski definition) is 7. The van der Waals surface area contributed by atoms with Crippen molar-refractivity contribution in [2.24, 2.45) is 5.92 Å². The topological polar surface area (TPSA) is 130 Å². The third-order valence-electron chi connectivity index (χ3n) is 5.84. The first-order valence-electron chi connectivity index (χ1n) is 10.7. The molecule has 0 aliphatic carbocycles. The van der Waals surface area contributed by atoms with Gasteiger partial charge in [0.25, 0.3) is 5.91 Å². The molecule has 2 aromatic carbocycles. The second-order valence-electron chi connectivity index (χ2n) is 8.06. The van der Waals surface area contributed by atoms with Crippen molar-refractivity contribution in [3.05, 3.63) is 69.7 Å². The summed E-state index contributed by atoms with van der Waals surface area (Å²) >= 11 is 1.76. The number of nitrogens with zero attached hydrogens (tertiary/aromatic N) is 1. The van der Waals surface area contributed by atoms with Crippen LogP contribution in [0.15, 0.2) is 51.8 Å². The Morgan fingerprint density at radius 1 is 1.15 bits per heavy atom. The molecule has 1 aliphatic rings. The van der Waals surface area contributed by atoms with Crippen LogP contribution in [0.1, 0.15) is 34.5 Å². The molecule has 34 heavy (non-hydrogen) atoms. The average Bonchev–Trinajstić information content (AvgIpc) is 2.85. The number of aromatic carboxylic acids is 1. The number of carboxylic acid groups (broad SMARTS) is 1. The number of rotatable bonds is 4. The lowest BCUT2D eigenvalue weighted by Gasteiger charge is -2.33. The first kappa shape index (κ1) is 23.5. The van der Waals surface area contributed by atoms with Crippen molar-refractivity contribution in [2.75, 3.05) is 16.8 Å². The Morgan fingerprint density at radius 3 is 2.53 bits per heavy atom. The van der Waals surface area contributed by atoms with Crippen LogP contribution in [0.25, 0.3) is 10.8 Å². The van der Waals surface area contributed by atoms with Crippen LogP contribution in [0, 0.1) is 24.7 Å². The number of carboxylic acids is 1. The fourth-order valence-electron chi connectivity index (χ4n) is 3.86. The Balaban J connectivity index is 1.66. The van der Waals surface area contributed by atoms with Gasteiger partial charge in [-0.2, -0.15) is 11.8 Å². The number of aryl methyl sites for hydroxylation is 1. The van der Waals surface area contributed by atoms with E-state index in [2.05, 4.69) is 22.3 Å². The van der Waals surface area contributed by atoms with Crippen LogP contribution < -0.4 is 10.9 Å². The molecule has 1 atom stereocenters. The number of aliphatic hydroxyl groups is 1. The summed E-state index contributed by atoms with van der Waals surface area (Å²) in [5.41, 5.74) is -1.03. The number of carbonyl (C=O) groups excluding carboxylic acids is 1. The molecule has 1 saturated heterocycles. The molecule has 0 spiro atoms. The highest BCUT2D eigenvalue weighted by molar-refractivity contribution is 7.99. The minimum Gasteiger partial charge on any atom is -0.478 e. The number of amides is 1. The van der Waals surface area contributed by atoms with Crippen molar-refractivity contribution in [3.8, 4) is 11.8 Å². The molecular formula is C25H22N2O6S. The monoisotopic (exact) mass is 478 g/mol. The fourth-order valence-corrected chi connectivity index (χ4v) is 4.96. The molecule has 4 rings (SSSR count). The zero-order valence-electron chi connectivity index (χ0n) is 18.3. The summed E-state index contributed by atoms with van der Waals surface area (Å²) < 4.78 is 4.73. The molecule has 0 bridgehead atoms. The van der Waals surface area contributed by atoms with E-state index in [9.17, 15) is 19.5 Å². The molecule has 2 heterocycles. The van der Waals surface area contributed by atoms with E-state index in [1.165, 1.54) is 30.3 Å². The molecule has 3 N–H and O–H groups in total. The Hall–Kier alpha value is -3.61. The van der Waals surface area contributed by atoms with E-state index in [-0.39, 0.29) is 11.5 Å². The van der Waals surface area contributed by atoms with E-state index < -0.39 is 23.1 Å². The van der Waals surface area contributed by atoms with Crippen molar-refractivity contribution in [2.45, 2.75) is 25.4 Å². The van der Waals surface area contributed by atoms with Gasteiger partial charge in [0.15, 0.2) is 0 Å². The lowest BCUT2D eigenvalue weighted by molar-refractivity contribution is -0.133. The maximum Gasteiger partial charge on any atom is 0.366 e. The molecule has 174 valence electrons. The number of hydrogen-bond donors (Lipinski definition) is 3. The standard InChI is InChI=1S/C25H22N2O6S/c1-15-21-14-19(6-7-20(21)23(30)33-27-15)26-24(31)25(32,18-9-12-34-13-10-18)11-8-16-2-4-17(5-3-16)22(28)29/h2-7,14,18,32H,9-10,12-13H2,1H3,(H,26,31)(H,28,29). The van der Waals surface area contributed by atoms with Gasteiger partial charge in [-0.15, -0.1) is 0 Å². The maximum atomic E-state index is 13.3. The average molecular weight is 479 g/mol. The van der Waals surface area contributed by atoms with E-state index in [1.807, 2.05) is 0 Å². The van der Waals surface area contributed by atoms with E-state index in [1.54, 1.807) is 30.8 Å². The predicted octanol–water partition coefficient (Wildman–Crippen LogP) is 3.06. The molecular weight excluding hydrogens is 456 g/mol. The lowest BCUT2D eigenvalue weighted by atomic mass is 9.82. The van der Waals surface area contributed by atoms with Gasteiger partial charge >= 0.3 is 11.6 Å². The van der Waals surface area contributed by atoms with Crippen LogP contribution >= 0.6 is 11.8 Å². The number of benzene rings is 2. The number of fused-ring (bicyclic) bond motifs is 1. The molecule has 8 nitrogen and oxygen atoms in total. The molecule has 1 fully saturated rings. The van der Waals surface area contributed by atoms with Crippen LogP contribution in [0.4, 0.5) is 5.69 Å². The third kappa shape index (κ3) is 4.83. The van der Waals surface area contributed by atoms with E-state index >= 15 is 0 Å². The lowest BCUT2D eigenvalue weighted by Crippen LogP contribution is -2.49. The first-order chi connectivity index (χ1) is 16.3. The molecule has 0 radical (unpaired) electrons. The van der Waals surface area contributed by atoms with Gasteiger partial charge in [0, 0.05) is 22.6 Å². The quantitative estimate of drug-likeness (QED) is 0.488. The molecule has 1 aromatic heterocycles. The van der Waals surface area contributed by atoms with Gasteiger partial charge in [-0.1, -0.05) is 17.0 Å². The zero-order valence-corrected chi connectivity index (χ0v) is 19.1. The van der Waals surface area contributed by atoms with Crippen molar-refractivity contribution in [1.82, 2.24) is 5.16 Å². The first-order valence-corrected chi connectivity index (χ1v) is 11.8. The van der Waals surface area contributed by atoms with Gasteiger partial charge in [0.1, 0.15) is 0 Å². The van der Waals surface area contributed by atoms with Crippen molar-refractivity contribution in [1.29, 1.82) is 0 Å². The highest BCUT2D eigenvalue weighted by Crippen LogP contribution is 2.33. The molecule has 1 aliphatic heterocycles. The second kappa shape index (κ2) is 9.71. The molecule has 1 unspecified atom stereocenters. The van der Waals surface area contributed by atoms with Gasteiger partial charge < -0.3 is 20.1 Å².